The number of pyridine rings is 1. The number of carbonyl (C=O) groups is 1. The Kier molecular flexibility index (Phi) is 4.49. The van der Waals surface area contributed by atoms with Gasteiger partial charge in [-0.1, -0.05) is 31.6 Å². The summed E-state index contributed by atoms with van der Waals surface area (Å²) < 4.78 is 0. The lowest BCUT2D eigenvalue weighted by Gasteiger charge is -2.59. The van der Waals surface area contributed by atoms with Gasteiger partial charge in [-0.2, -0.15) is 0 Å². The van der Waals surface area contributed by atoms with Crippen LogP contribution < -0.4 is 5.32 Å². The molecule has 3 heteroatoms. The van der Waals surface area contributed by atoms with Crippen LogP contribution in [0.3, 0.4) is 0 Å². The van der Waals surface area contributed by atoms with Crippen LogP contribution in [-0.2, 0) is 4.79 Å². The molecule has 0 aromatic carbocycles. The second-order valence-corrected chi connectivity index (χ2v) is 10.6. The average Bonchev–Trinajstić information content (AvgIpc) is 3.06. The first-order valence-electron chi connectivity index (χ1n) is 11.5. The summed E-state index contributed by atoms with van der Waals surface area (Å²) in [6.45, 7) is 7.35. The van der Waals surface area contributed by atoms with Gasteiger partial charge < -0.3 is 5.32 Å². The second-order valence-electron chi connectivity index (χ2n) is 10.6. The summed E-state index contributed by atoms with van der Waals surface area (Å²) in [7, 11) is 0. The predicted octanol–water partition coefficient (Wildman–Crippen LogP) is 5.40. The van der Waals surface area contributed by atoms with E-state index in [2.05, 4.69) is 55.4 Å². The lowest BCUT2D eigenvalue weighted by Crippen LogP contribution is -2.59. The molecule has 3 aliphatic carbocycles. The molecule has 29 heavy (non-hydrogen) atoms. The molecule has 1 N–H and O–H groups in total. The Morgan fingerprint density at radius 1 is 1.10 bits per heavy atom. The van der Waals surface area contributed by atoms with E-state index in [0.29, 0.717) is 23.3 Å². The summed E-state index contributed by atoms with van der Waals surface area (Å²) in [5.74, 6) is 3.11. The molecule has 3 nitrogen and oxygen atoms in total. The molecule has 1 aromatic rings. The highest BCUT2D eigenvalue weighted by Crippen LogP contribution is 2.66. The molecule has 3 saturated carbocycles. The van der Waals surface area contributed by atoms with E-state index in [4.69, 9.17) is 0 Å². The maximum Gasteiger partial charge on any atom is 0.243 e. The summed E-state index contributed by atoms with van der Waals surface area (Å²) in [6, 6.07) is 4.55. The monoisotopic (exact) mass is 390 g/mol. The van der Waals surface area contributed by atoms with Crippen LogP contribution in [-0.4, -0.2) is 16.9 Å². The lowest BCUT2D eigenvalue weighted by atomic mass is 9.47. The molecule has 0 radical (unpaired) electrons. The number of nitrogens with zero attached hydrogens (tertiary/aromatic N) is 1. The molecule has 7 atom stereocenters. The first kappa shape index (κ1) is 19.1. The van der Waals surface area contributed by atoms with Crippen molar-refractivity contribution in [3.63, 3.8) is 0 Å². The molecule has 0 unspecified atom stereocenters. The molecule has 1 aliphatic heterocycles. The van der Waals surface area contributed by atoms with Gasteiger partial charge in [-0.25, -0.2) is 0 Å². The highest BCUT2D eigenvalue weighted by Gasteiger charge is 2.59. The van der Waals surface area contributed by atoms with E-state index in [9.17, 15) is 4.79 Å². The van der Waals surface area contributed by atoms with E-state index in [1.807, 2.05) is 12.4 Å². The predicted molar refractivity (Wildman–Crippen MR) is 117 cm³/mol. The van der Waals surface area contributed by atoms with Gasteiger partial charge in [-0.15, -0.1) is 0 Å². The van der Waals surface area contributed by atoms with E-state index in [1.54, 1.807) is 11.6 Å². The number of hydrogen-bond donors (Lipinski definition) is 1. The number of hydrogen-bond acceptors (Lipinski definition) is 2. The van der Waals surface area contributed by atoms with Crippen LogP contribution in [0.25, 0.3) is 6.08 Å². The number of amides is 1. The third-order valence-corrected chi connectivity index (χ3v) is 9.34. The number of fused-ring (bicyclic) bond motifs is 5. The van der Waals surface area contributed by atoms with Gasteiger partial charge in [0.1, 0.15) is 0 Å². The fourth-order valence-electron chi connectivity index (χ4n) is 7.90. The number of carbonyl (C=O) groups excluding carboxylic acids is 1. The van der Waals surface area contributed by atoms with Gasteiger partial charge in [0.25, 0.3) is 0 Å². The third kappa shape index (κ3) is 2.92. The van der Waals surface area contributed by atoms with Gasteiger partial charge in [0.05, 0.1) is 0 Å². The van der Waals surface area contributed by atoms with Crippen molar-refractivity contribution in [2.24, 2.45) is 34.5 Å². The van der Waals surface area contributed by atoms with Crippen molar-refractivity contribution in [3.8, 4) is 0 Å². The summed E-state index contributed by atoms with van der Waals surface area (Å²) in [6.07, 6.45) is 17.9. The van der Waals surface area contributed by atoms with Crippen LogP contribution in [0.4, 0.5) is 0 Å². The molecule has 2 heterocycles. The first-order chi connectivity index (χ1) is 13.9. The van der Waals surface area contributed by atoms with Gasteiger partial charge in [0.15, 0.2) is 0 Å². The van der Waals surface area contributed by atoms with Crippen molar-refractivity contribution in [2.75, 3.05) is 0 Å². The van der Waals surface area contributed by atoms with Gasteiger partial charge >= 0.3 is 0 Å². The Morgan fingerprint density at radius 2 is 1.90 bits per heavy atom. The van der Waals surface area contributed by atoms with Crippen molar-refractivity contribution in [1.82, 2.24) is 10.3 Å². The largest absolute Gasteiger partial charge is 0.349 e. The zero-order valence-electron chi connectivity index (χ0n) is 18.0. The summed E-state index contributed by atoms with van der Waals surface area (Å²) >= 11 is 0. The van der Waals surface area contributed by atoms with Crippen LogP contribution in [0.1, 0.15) is 64.9 Å². The summed E-state index contributed by atoms with van der Waals surface area (Å²) in [5.41, 5.74) is 3.37. The van der Waals surface area contributed by atoms with Gasteiger partial charge in [0, 0.05) is 23.9 Å². The molecule has 0 bridgehead atoms. The number of aromatic nitrogens is 1. The highest BCUT2D eigenvalue weighted by atomic mass is 16.1. The standard InChI is InChI=1S/C26H34N2O/c1-17(16-18-10-14-27-15-11-18)20-5-6-21-19-4-7-23-26(3,13-9-24(29)28-23)22(19)8-12-25(20,21)2/h9-11,13-16,19-23H,4-8,12H2,1-3H3,(H,28,29)/b17-16+/t19-,20+,21-,22-,23+,25+,26+/m0/s1. The molecule has 0 saturated heterocycles. The zero-order chi connectivity index (χ0) is 20.2. The fraction of sp³-hybridized carbons (Fsp3) is 0.615. The Bertz CT molecular complexity index is 859. The molecule has 0 spiro atoms. The van der Waals surface area contributed by atoms with Gasteiger partial charge in [0.2, 0.25) is 5.91 Å². The van der Waals surface area contributed by atoms with Gasteiger partial charge in [-0.05, 0) is 98.3 Å². The van der Waals surface area contributed by atoms with Crippen molar-refractivity contribution in [3.05, 3.63) is 47.8 Å². The van der Waals surface area contributed by atoms with Crippen molar-refractivity contribution >= 4 is 12.0 Å². The van der Waals surface area contributed by atoms with Crippen LogP contribution >= 0.6 is 0 Å². The smallest absolute Gasteiger partial charge is 0.243 e. The first-order valence-corrected chi connectivity index (χ1v) is 11.5. The van der Waals surface area contributed by atoms with E-state index in [0.717, 1.165) is 18.3 Å². The second kappa shape index (κ2) is 6.82. The van der Waals surface area contributed by atoms with Crippen molar-refractivity contribution < 1.29 is 4.79 Å². The highest BCUT2D eigenvalue weighted by molar-refractivity contribution is 5.89. The van der Waals surface area contributed by atoms with Crippen molar-refractivity contribution in [2.45, 2.75) is 65.3 Å². The molecule has 4 aliphatic rings. The summed E-state index contributed by atoms with van der Waals surface area (Å²) in [5, 5.41) is 3.28. The summed E-state index contributed by atoms with van der Waals surface area (Å²) in [4.78, 5) is 16.1. The quantitative estimate of drug-likeness (QED) is 0.735. The maximum atomic E-state index is 11.9. The lowest BCUT2D eigenvalue weighted by molar-refractivity contribution is -0.122. The van der Waals surface area contributed by atoms with Crippen molar-refractivity contribution in [1.29, 1.82) is 0 Å². The fourth-order valence-corrected chi connectivity index (χ4v) is 7.90. The number of rotatable bonds is 2. The van der Waals surface area contributed by atoms with E-state index in [1.165, 1.54) is 37.7 Å². The number of nitrogens with one attached hydrogen (secondary N) is 1. The molecular weight excluding hydrogens is 356 g/mol. The minimum atomic E-state index is 0.101. The maximum absolute atomic E-state index is 11.9. The Balaban J connectivity index is 1.42. The molecular formula is C26H34N2O. The van der Waals surface area contributed by atoms with E-state index < -0.39 is 0 Å². The topological polar surface area (TPSA) is 42.0 Å². The number of allylic oxidation sites excluding steroid dienone is 1. The Labute approximate surface area is 175 Å². The minimum absolute atomic E-state index is 0.101. The third-order valence-electron chi connectivity index (χ3n) is 9.34. The normalized spacial score (nSPS) is 43.9. The van der Waals surface area contributed by atoms with E-state index in [-0.39, 0.29) is 11.3 Å². The Hall–Kier alpha value is -1.90. The van der Waals surface area contributed by atoms with Gasteiger partial charge in [-0.3, -0.25) is 9.78 Å². The van der Waals surface area contributed by atoms with Crippen LogP contribution in [0.5, 0.6) is 0 Å². The average molecular weight is 391 g/mol. The molecule has 3 fully saturated rings. The molecule has 154 valence electrons. The van der Waals surface area contributed by atoms with E-state index >= 15 is 0 Å². The van der Waals surface area contributed by atoms with Crippen LogP contribution in [0.15, 0.2) is 42.3 Å². The molecule has 1 amide bonds. The van der Waals surface area contributed by atoms with Crippen LogP contribution in [0.2, 0.25) is 0 Å². The SMILES string of the molecule is C/C(=C\c1ccncc1)[C@H]1CC[C@H]2[C@@H]3CC[C@H]4NC(=O)C=C[C@]4(C)[C@H]3CC[C@]12C. The Morgan fingerprint density at radius 3 is 2.69 bits per heavy atom. The molecule has 1 aromatic heterocycles. The van der Waals surface area contributed by atoms with Crippen LogP contribution in [0, 0.1) is 34.5 Å². The minimum Gasteiger partial charge on any atom is -0.349 e. The zero-order valence-corrected chi connectivity index (χ0v) is 18.0. The molecule has 5 rings (SSSR count).